The molecule has 142 valence electrons. The number of rotatable bonds is 3. The Morgan fingerprint density at radius 2 is 1.41 bits per heavy atom. The summed E-state index contributed by atoms with van der Waals surface area (Å²) in [4.78, 5) is 38.8. The summed E-state index contributed by atoms with van der Waals surface area (Å²) in [5, 5.41) is 14.8. The van der Waals surface area contributed by atoms with E-state index in [0.717, 1.165) is 38.3 Å². The lowest BCUT2D eigenvalue weighted by atomic mass is 10.2. The Labute approximate surface area is 156 Å². The number of carboxylic acids is 2. The molecule has 0 atom stereocenters. The Bertz CT molecular complexity index is 747. The number of carbonyl (C=O) groups is 3. The van der Waals surface area contributed by atoms with Gasteiger partial charge in [-0.3, -0.25) is 14.7 Å². The molecule has 1 amide bonds. The van der Waals surface area contributed by atoms with Gasteiger partial charge in [-0.2, -0.15) is 0 Å². The normalized spacial score (nSPS) is 14.0. The van der Waals surface area contributed by atoms with E-state index in [1.54, 1.807) is 24.5 Å². The van der Waals surface area contributed by atoms with Crippen molar-refractivity contribution < 1.29 is 24.6 Å². The minimum atomic E-state index is -1.82. The lowest BCUT2D eigenvalue weighted by Crippen LogP contribution is -2.48. The van der Waals surface area contributed by atoms with Crippen molar-refractivity contribution in [3.63, 3.8) is 0 Å². The molecule has 0 spiro atoms. The molecule has 0 bridgehead atoms. The second-order valence-corrected chi connectivity index (χ2v) is 5.90. The number of aromatic nitrogens is 1. The van der Waals surface area contributed by atoms with Gasteiger partial charge in [0.1, 0.15) is 0 Å². The van der Waals surface area contributed by atoms with E-state index in [2.05, 4.69) is 34.1 Å². The van der Waals surface area contributed by atoms with Crippen LogP contribution in [0.15, 0.2) is 54.9 Å². The first kappa shape index (κ1) is 20.1. The molecule has 1 aliphatic rings. The Balaban J connectivity index is 0.000000380. The van der Waals surface area contributed by atoms with Crippen LogP contribution in [0.3, 0.4) is 0 Å². The molecule has 1 aromatic heterocycles. The van der Waals surface area contributed by atoms with E-state index >= 15 is 0 Å². The van der Waals surface area contributed by atoms with Crippen molar-refractivity contribution in [3.05, 3.63) is 66.0 Å². The highest BCUT2D eigenvalue weighted by Crippen LogP contribution is 2.11. The summed E-state index contributed by atoms with van der Waals surface area (Å²) >= 11 is 0. The quantitative estimate of drug-likeness (QED) is 0.780. The van der Waals surface area contributed by atoms with Crippen molar-refractivity contribution in [2.45, 2.75) is 6.54 Å². The molecule has 1 aliphatic heterocycles. The Morgan fingerprint density at radius 1 is 0.852 bits per heavy atom. The summed E-state index contributed by atoms with van der Waals surface area (Å²) in [6, 6.07) is 14.0. The van der Waals surface area contributed by atoms with Gasteiger partial charge in [-0.15, -0.1) is 0 Å². The van der Waals surface area contributed by atoms with Crippen LogP contribution in [0.2, 0.25) is 0 Å². The van der Waals surface area contributed by atoms with Crippen LogP contribution in [-0.2, 0) is 16.1 Å². The molecule has 27 heavy (non-hydrogen) atoms. The minimum Gasteiger partial charge on any atom is -0.473 e. The van der Waals surface area contributed by atoms with Crippen molar-refractivity contribution in [2.24, 2.45) is 0 Å². The second-order valence-electron chi connectivity index (χ2n) is 5.90. The van der Waals surface area contributed by atoms with Gasteiger partial charge in [0, 0.05) is 50.7 Å². The molecule has 0 radical (unpaired) electrons. The zero-order chi connectivity index (χ0) is 19.6. The summed E-state index contributed by atoms with van der Waals surface area (Å²) in [5.74, 6) is -3.54. The number of hydrogen-bond donors (Lipinski definition) is 2. The van der Waals surface area contributed by atoms with Crippen LogP contribution < -0.4 is 0 Å². The maximum atomic E-state index is 12.3. The van der Waals surface area contributed by atoms with Gasteiger partial charge in [0.2, 0.25) is 0 Å². The highest BCUT2D eigenvalue weighted by atomic mass is 16.4. The summed E-state index contributed by atoms with van der Waals surface area (Å²) in [6.07, 6.45) is 3.33. The molecule has 1 fully saturated rings. The number of nitrogens with zero attached hydrogens (tertiary/aromatic N) is 3. The van der Waals surface area contributed by atoms with E-state index in [0.29, 0.717) is 0 Å². The first-order chi connectivity index (χ1) is 13.0. The van der Waals surface area contributed by atoms with Crippen LogP contribution in [-0.4, -0.2) is 69.0 Å². The second kappa shape index (κ2) is 10.0. The van der Waals surface area contributed by atoms with Crippen molar-refractivity contribution in [1.29, 1.82) is 0 Å². The third-order valence-electron chi connectivity index (χ3n) is 4.02. The fraction of sp³-hybridized carbons (Fsp3) is 0.263. The monoisotopic (exact) mass is 371 g/mol. The number of amides is 1. The van der Waals surface area contributed by atoms with Crippen molar-refractivity contribution >= 4 is 17.8 Å². The van der Waals surface area contributed by atoms with Crippen LogP contribution in [0.5, 0.6) is 0 Å². The molecule has 0 saturated carbocycles. The molecule has 8 heteroatoms. The highest BCUT2D eigenvalue weighted by Gasteiger charge is 2.21. The van der Waals surface area contributed by atoms with Gasteiger partial charge in [0.05, 0.1) is 0 Å². The molecular weight excluding hydrogens is 350 g/mol. The topological polar surface area (TPSA) is 111 Å². The van der Waals surface area contributed by atoms with E-state index in [9.17, 15) is 4.79 Å². The number of benzene rings is 1. The van der Waals surface area contributed by atoms with E-state index in [1.165, 1.54) is 5.56 Å². The zero-order valence-electron chi connectivity index (χ0n) is 14.7. The fourth-order valence-electron chi connectivity index (χ4n) is 2.63. The lowest BCUT2D eigenvalue weighted by molar-refractivity contribution is -0.159. The molecule has 2 aromatic rings. The Hall–Kier alpha value is -3.26. The average Bonchev–Trinajstić information content (AvgIpc) is 2.70. The van der Waals surface area contributed by atoms with Crippen LogP contribution in [0.4, 0.5) is 0 Å². The number of carbonyl (C=O) groups excluding carboxylic acids is 1. The average molecular weight is 371 g/mol. The molecule has 0 aliphatic carbocycles. The van der Waals surface area contributed by atoms with Gasteiger partial charge in [0.25, 0.3) is 5.91 Å². The fourth-order valence-corrected chi connectivity index (χ4v) is 2.63. The maximum Gasteiger partial charge on any atom is 0.414 e. The van der Waals surface area contributed by atoms with Gasteiger partial charge in [0.15, 0.2) is 0 Å². The number of carboxylic acid groups (broad SMARTS) is 2. The van der Waals surface area contributed by atoms with E-state index in [4.69, 9.17) is 19.8 Å². The summed E-state index contributed by atoms with van der Waals surface area (Å²) in [6.45, 7) is 4.37. The number of piperazine rings is 1. The molecule has 1 saturated heterocycles. The van der Waals surface area contributed by atoms with Crippen molar-refractivity contribution in [2.75, 3.05) is 26.2 Å². The van der Waals surface area contributed by atoms with Crippen molar-refractivity contribution in [1.82, 2.24) is 14.8 Å². The molecule has 2 heterocycles. The van der Waals surface area contributed by atoms with E-state index in [-0.39, 0.29) is 5.91 Å². The Kier molecular flexibility index (Phi) is 7.45. The maximum absolute atomic E-state index is 12.3. The smallest absolute Gasteiger partial charge is 0.414 e. The van der Waals surface area contributed by atoms with Crippen LogP contribution in [0, 0.1) is 0 Å². The first-order valence-electron chi connectivity index (χ1n) is 8.39. The Morgan fingerprint density at radius 3 is 1.93 bits per heavy atom. The molecule has 2 N–H and O–H groups in total. The van der Waals surface area contributed by atoms with Crippen LogP contribution >= 0.6 is 0 Å². The van der Waals surface area contributed by atoms with Crippen LogP contribution in [0.1, 0.15) is 15.9 Å². The molecule has 0 unspecified atom stereocenters. The molecule has 1 aromatic carbocycles. The molecular formula is C19H21N3O5. The van der Waals surface area contributed by atoms with Gasteiger partial charge in [-0.25, -0.2) is 9.59 Å². The largest absolute Gasteiger partial charge is 0.473 e. The third kappa shape index (κ3) is 6.52. The summed E-state index contributed by atoms with van der Waals surface area (Å²) in [5.41, 5.74) is 2.05. The standard InChI is InChI=1S/C17H19N3O.C2H2O4/c21-17(16-6-8-18-9-7-16)20-12-10-19(11-13-20)14-15-4-2-1-3-5-15;3-1(4)2(5)6/h1-9H,10-14H2;(H,3,4)(H,5,6). The van der Waals surface area contributed by atoms with Gasteiger partial charge < -0.3 is 15.1 Å². The van der Waals surface area contributed by atoms with Crippen LogP contribution in [0.25, 0.3) is 0 Å². The third-order valence-corrected chi connectivity index (χ3v) is 4.02. The summed E-state index contributed by atoms with van der Waals surface area (Å²) in [7, 11) is 0. The van der Waals surface area contributed by atoms with Gasteiger partial charge in [-0.05, 0) is 17.7 Å². The van der Waals surface area contributed by atoms with Gasteiger partial charge >= 0.3 is 11.9 Å². The zero-order valence-corrected chi connectivity index (χ0v) is 14.7. The molecule has 3 rings (SSSR count). The predicted molar refractivity (Wildman–Crippen MR) is 97.1 cm³/mol. The van der Waals surface area contributed by atoms with E-state index < -0.39 is 11.9 Å². The van der Waals surface area contributed by atoms with Crippen molar-refractivity contribution in [3.8, 4) is 0 Å². The summed E-state index contributed by atoms with van der Waals surface area (Å²) < 4.78 is 0. The number of hydrogen-bond acceptors (Lipinski definition) is 5. The van der Waals surface area contributed by atoms with Gasteiger partial charge in [-0.1, -0.05) is 30.3 Å². The number of pyridine rings is 1. The SMILES string of the molecule is O=C(O)C(=O)O.O=C(c1ccncc1)N1CCN(Cc2ccccc2)CC1. The van der Waals surface area contributed by atoms with E-state index in [1.807, 2.05) is 11.0 Å². The first-order valence-corrected chi connectivity index (χ1v) is 8.39. The highest BCUT2D eigenvalue weighted by molar-refractivity contribution is 6.27. The molecule has 8 nitrogen and oxygen atoms in total. The minimum absolute atomic E-state index is 0.108. The lowest BCUT2D eigenvalue weighted by Gasteiger charge is -2.34. The number of aliphatic carboxylic acids is 2. The predicted octanol–water partition coefficient (Wildman–Crippen LogP) is 1.20.